The van der Waals surface area contributed by atoms with Crippen LogP contribution in [0.25, 0.3) is 0 Å². The lowest BCUT2D eigenvalue weighted by molar-refractivity contribution is -0.115. The van der Waals surface area contributed by atoms with E-state index in [1.807, 2.05) is 25.1 Å². The van der Waals surface area contributed by atoms with E-state index in [2.05, 4.69) is 10.6 Å². The summed E-state index contributed by atoms with van der Waals surface area (Å²) in [5, 5.41) is 6.21. The van der Waals surface area contributed by atoms with Gasteiger partial charge < -0.3 is 15.4 Å². The minimum Gasteiger partial charge on any atom is -0.497 e. The van der Waals surface area contributed by atoms with Crippen LogP contribution in [-0.4, -0.2) is 24.2 Å². The molecule has 0 saturated heterocycles. The van der Waals surface area contributed by atoms with Crippen molar-refractivity contribution < 1.29 is 14.3 Å². The molecule has 166 valence electrons. The van der Waals surface area contributed by atoms with Crippen LogP contribution in [0.3, 0.4) is 0 Å². The maximum atomic E-state index is 12.8. The van der Waals surface area contributed by atoms with E-state index < -0.39 is 0 Å². The average molecular weight is 489 g/mol. The molecule has 0 aliphatic heterocycles. The zero-order chi connectivity index (χ0) is 23.1. The first-order valence-corrected chi connectivity index (χ1v) is 11.5. The highest BCUT2D eigenvalue weighted by molar-refractivity contribution is 8.00. The summed E-state index contributed by atoms with van der Waals surface area (Å²) in [6, 6.07) is 19.2. The van der Waals surface area contributed by atoms with Crippen LogP contribution in [0.15, 0.2) is 71.6 Å². The van der Waals surface area contributed by atoms with E-state index in [0.717, 1.165) is 10.6 Å². The summed E-state index contributed by atoms with van der Waals surface area (Å²) in [6.07, 6.45) is 0.642. The highest BCUT2D eigenvalue weighted by Crippen LogP contribution is 2.29. The van der Waals surface area contributed by atoms with Gasteiger partial charge in [0.15, 0.2) is 0 Å². The Hall–Kier alpha value is -2.67. The summed E-state index contributed by atoms with van der Waals surface area (Å²) >= 11 is 13.5. The van der Waals surface area contributed by atoms with Gasteiger partial charge in [-0.05, 0) is 67.1 Å². The van der Waals surface area contributed by atoms with Crippen molar-refractivity contribution in [3.63, 3.8) is 0 Å². The average Bonchev–Trinajstić information content (AvgIpc) is 2.78. The molecule has 0 radical (unpaired) electrons. The lowest BCUT2D eigenvalue weighted by Crippen LogP contribution is -2.24. The number of amides is 2. The van der Waals surface area contributed by atoms with Crippen LogP contribution >= 0.6 is 35.0 Å². The SMILES string of the molecule is CCC(Sc1cccc(NC(=O)c2ccc(Cl)cc2Cl)c1)C(=O)Nc1ccc(OC)cc1. The molecular weight excluding hydrogens is 467 g/mol. The van der Waals surface area contributed by atoms with Gasteiger partial charge in [0, 0.05) is 21.3 Å². The third-order valence-electron chi connectivity index (χ3n) is 4.57. The molecule has 1 unspecified atom stereocenters. The molecule has 3 aromatic rings. The molecular formula is C24H22Cl2N2O3S. The molecule has 5 nitrogen and oxygen atoms in total. The number of benzene rings is 3. The van der Waals surface area contributed by atoms with E-state index in [1.165, 1.54) is 17.8 Å². The molecule has 3 rings (SSSR count). The summed E-state index contributed by atoms with van der Waals surface area (Å²) < 4.78 is 5.14. The van der Waals surface area contributed by atoms with Gasteiger partial charge in [0.2, 0.25) is 5.91 Å². The number of ether oxygens (including phenoxy) is 1. The normalized spacial score (nSPS) is 11.5. The number of carbonyl (C=O) groups excluding carboxylic acids is 2. The van der Waals surface area contributed by atoms with E-state index in [1.54, 1.807) is 49.6 Å². The lowest BCUT2D eigenvalue weighted by Gasteiger charge is -2.16. The Morgan fingerprint density at radius 3 is 2.38 bits per heavy atom. The number of hydrogen-bond donors (Lipinski definition) is 2. The van der Waals surface area contributed by atoms with Crippen molar-refractivity contribution in [1.29, 1.82) is 0 Å². The standard InChI is InChI=1S/C24H22Cl2N2O3S/c1-3-22(24(30)27-16-8-10-18(31-2)11-9-16)32-19-6-4-5-17(14-19)28-23(29)20-12-7-15(25)13-21(20)26/h4-14,22H,3H2,1-2H3,(H,27,30)(H,28,29). The largest absolute Gasteiger partial charge is 0.497 e. The van der Waals surface area contributed by atoms with Gasteiger partial charge in [-0.3, -0.25) is 9.59 Å². The van der Waals surface area contributed by atoms with Crippen LogP contribution in [0.1, 0.15) is 23.7 Å². The predicted octanol–water partition coefficient (Wildman–Crippen LogP) is 6.76. The number of thioether (sulfide) groups is 1. The first kappa shape index (κ1) is 24.0. The van der Waals surface area contributed by atoms with Gasteiger partial charge in [-0.1, -0.05) is 36.2 Å². The summed E-state index contributed by atoms with van der Waals surface area (Å²) in [5.74, 6) is 0.298. The van der Waals surface area contributed by atoms with Crippen LogP contribution in [0.5, 0.6) is 5.75 Å². The molecule has 0 spiro atoms. The third kappa shape index (κ3) is 6.42. The van der Waals surface area contributed by atoms with Gasteiger partial charge in [0.25, 0.3) is 5.91 Å². The van der Waals surface area contributed by atoms with E-state index in [9.17, 15) is 9.59 Å². The number of carbonyl (C=O) groups is 2. The van der Waals surface area contributed by atoms with Crippen molar-refractivity contribution in [3.8, 4) is 5.75 Å². The Morgan fingerprint density at radius 2 is 1.72 bits per heavy atom. The zero-order valence-electron chi connectivity index (χ0n) is 17.5. The molecule has 0 fully saturated rings. The van der Waals surface area contributed by atoms with Crippen LogP contribution < -0.4 is 15.4 Å². The van der Waals surface area contributed by atoms with Crippen molar-refractivity contribution in [3.05, 3.63) is 82.3 Å². The molecule has 0 saturated carbocycles. The Kier molecular flexibility index (Phi) is 8.45. The smallest absolute Gasteiger partial charge is 0.257 e. The first-order valence-electron chi connectivity index (χ1n) is 9.87. The van der Waals surface area contributed by atoms with Gasteiger partial charge in [0.1, 0.15) is 5.75 Å². The predicted molar refractivity (Wildman–Crippen MR) is 132 cm³/mol. The van der Waals surface area contributed by atoms with Crippen LogP contribution in [0, 0.1) is 0 Å². The second-order valence-electron chi connectivity index (χ2n) is 6.84. The topological polar surface area (TPSA) is 67.4 Å². The van der Waals surface area contributed by atoms with E-state index in [4.69, 9.17) is 27.9 Å². The lowest BCUT2D eigenvalue weighted by atomic mass is 10.2. The minimum atomic E-state index is -0.335. The van der Waals surface area contributed by atoms with Crippen LogP contribution in [-0.2, 0) is 4.79 Å². The van der Waals surface area contributed by atoms with Crippen molar-refractivity contribution in [2.75, 3.05) is 17.7 Å². The maximum Gasteiger partial charge on any atom is 0.257 e. The number of halogens is 2. The third-order valence-corrected chi connectivity index (χ3v) is 6.47. The molecule has 1 atom stereocenters. The van der Waals surface area contributed by atoms with Gasteiger partial charge in [-0.25, -0.2) is 0 Å². The van der Waals surface area contributed by atoms with Crippen LogP contribution in [0.2, 0.25) is 10.0 Å². The van der Waals surface area contributed by atoms with Crippen LogP contribution in [0.4, 0.5) is 11.4 Å². The highest BCUT2D eigenvalue weighted by Gasteiger charge is 2.19. The summed E-state index contributed by atoms with van der Waals surface area (Å²) in [5.41, 5.74) is 1.64. The molecule has 32 heavy (non-hydrogen) atoms. The molecule has 0 aliphatic carbocycles. The fourth-order valence-electron chi connectivity index (χ4n) is 2.90. The van der Waals surface area contributed by atoms with E-state index >= 15 is 0 Å². The summed E-state index contributed by atoms with van der Waals surface area (Å²) in [7, 11) is 1.60. The van der Waals surface area contributed by atoms with Gasteiger partial charge in [-0.2, -0.15) is 0 Å². The van der Waals surface area contributed by atoms with Gasteiger partial charge in [-0.15, -0.1) is 11.8 Å². The second kappa shape index (κ2) is 11.3. The number of nitrogens with one attached hydrogen (secondary N) is 2. The molecule has 8 heteroatoms. The van der Waals surface area contributed by atoms with Crippen molar-refractivity contribution in [2.45, 2.75) is 23.5 Å². The number of anilines is 2. The maximum absolute atomic E-state index is 12.8. The summed E-state index contributed by atoms with van der Waals surface area (Å²) in [4.78, 5) is 26.2. The Balaban J connectivity index is 1.66. The second-order valence-corrected chi connectivity index (χ2v) is 8.96. The fraction of sp³-hybridized carbons (Fsp3) is 0.167. The van der Waals surface area contributed by atoms with E-state index in [0.29, 0.717) is 28.4 Å². The number of hydrogen-bond acceptors (Lipinski definition) is 4. The molecule has 2 N–H and O–H groups in total. The van der Waals surface area contributed by atoms with Crippen molar-refractivity contribution in [1.82, 2.24) is 0 Å². The Labute approximate surface area is 201 Å². The number of methoxy groups -OCH3 is 1. The molecule has 2 amide bonds. The Bertz CT molecular complexity index is 1110. The molecule has 3 aromatic carbocycles. The quantitative estimate of drug-likeness (QED) is 0.343. The van der Waals surface area contributed by atoms with Crippen molar-refractivity contribution >= 4 is 58.2 Å². The summed E-state index contributed by atoms with van der Waals surface area (Å²) in [6.45, 7) is 1.96. The molecule has 0 heterocycles. The number of rotatable bonds is 8. The molecule has 0 aromatic heterocycles. The minimum absolute atomic E-state index is 0.0925. The Morgan fingerprint density at radius 1 is 0.969 bits per heavy atom. The fourth-order valence-corrected chi connectivity index (χ4v) is 4.41. The molecule has 0 bridgehead atoms. The van der Waals surface area contributed by atoms with E-state index in [-0.39, 0.29) is 22.1 Å². The van der Waals surface area contributed by atoms with Crippen molar-refractivity contribution in [2.24, 2.45) is 0 Å². The first-order chi connectivity index (χ1) is 15.4. The molecule has 0 aliphatic rings. The van der Waals surface area contributed by atoms with Gasteiger partial charge in [0.05, 0.1) is 22.9 Å². The highest BCUT2D eigenvalue weighted by atomic mass is 35.5. The zero-order valence-corrected chi connectivity index (χ0v) is 19.9. The monoisotopic (exact) mass is 488 g/mol. The van der Waals surface area contributed by atoms with Gasteiger partial charge >= 0.3 is 0 Å².